The van der Waals surface area contributed by atoms with Gasteiger partial charge in [0, 0.05) is 5.69 Å². The van der Waals surface area contributed by atoms with Gasteiger partial charge in [-0.15, -0.1) is 0 Å². The third-order valence-electron chi connectivity index (χ3n) is 2.93. The van der Waals surface area contributed by atoms with Gasteiger partial charge in [-0.25, -0.2) is 4.39 Å². The Bertz CT molecular complexity index is 592. The lowest BCUT2D eigenvalue weighted by molar-refractivity contribution is 0.276. The van der Waals surface area contributed by atoms with Gasteiger partial charge in [0.15, 0.2) is 0 Å². The average Bonchev–Trinajstić information content (AvgIpc) is 2.44. The van der Waals surface area contributed by atoms with E-state index in [4.69, 9.17) is 16.3 Å². The van der Waals surface area contributed by atoms with Gasteiger partial charge < -0.3 is 15.2 Å². The van der Waals surface area contributed by atoms with E-state index in [1.807, 2.05) is 0 Å². The highest BCUT2D eigenvalue weighted by Crippen LogP contribution is 2.29. The summed E-state index contributed by atoms with van der Waals surface area (Å²) in [5, 5.41) is 13.0. The summed E-state index contributed by atoms with van der Waals surface area (Å²) in [6.07, 6.45) is 0. The standard InChI is InChI=1S/C15H15ClFNO2/c1-20-15-6-5-10(7-13(15)16)14(9-19)18-12-4-2-3-11(17)8-12/h2-8,14,18-19H,9H2,1H3. The highest BCUT2D eigenvalue weighted by molar-refractivity contribution is 6.32. The van der Waals surface area contributed by atoms with Crippen molar-refractivity contribution >= 4 is 17.3 Å². The minimum Gasteiger partial charge on any atom is -0.495 e. The van der Waals surface area contributed by atoms with Gasteiger partial charge in [0.05, 0.1) is 24.8 Å². The van der Waals surface area contributed by atoms with Crippen molar-refractivity contribution in [3.63, 3.8) is 0 Å². The first-order valence-corrected chi connectivity index (χ1v) is 6.48. The first-order chi connectivity index (χ1) is 9.63. The molecule has 2 rings (SSSR count). The largest absolute Gasteiger partial charge is 0.495 e. The molecule has 20 heavy (non-hydrogen) atoms. The Morgan fingerprint density at radius 2 is 2.10 bits per heavy atom. The summed E-state index contributed by atoms with van der Waals surface area (Å²) in [5.74, 6) is 0.234. The summed E-state index contributed by atoms with van der Waals surface area (Å²) >= 11 is 6.06. The average molecular weight is 296 g/mol. The molecule has 106 valence electrons. The number of hydrogen-bond acceptors (Lipinski definition) is 3. The van der Waals surface area contributed by atoms with Crippen molar-refractivity contribution in [3.8, 4) is 5.75 Å². The second-order valence-corrected chi connectivity index (χ2v) is 4.69. The fourth-order valence-corrected chi connectivity index (χ4v) is 2.18. The van der Waals surface area contributed by atoms with Crippen molar-refractivity contribution in [2.75, 3.05) is 19.0 Å². The molecule has 2 aromatic carbocycles. The van der Waals surface area contributed by atoms with Crippen LogP contribution in [-0.4, -0.2) is 18.8 Å². The molecule has 0 amide bonds. The van der Waals surface area contributed by atoms with Gasteiger partial charge in [-0.1, -0.05) is 23.7 Å². The number of aliphatic hydroxyl groups is 1. The van der Waals surface area contributed by atoms with Crippen LogP contribution in [0.15, 0.2) is 42.5 Å². The molecule has 5 heteroatoms. The first kappa shape index (κ1) is 14.6. The summed E-state index contributed by atoms with van der Waals surface area (Å²) < 4.78 is 18.2. The summed E-state index contributed by atoms with van der Waals surface area (Å²) in [7, 11) is 1.54. The molecule has 0 saturated heterocycles. The predicted molar refractivity (Wildman–Crippen MR) is 77.9 cm³/mol. The molecule has 0 saturated carbocycles. The van der Waals surface area contributed by atoms with E-state index in [2.05, 4.69) is 5.32 Å². The predicted octanol–water partition coefficient (Wildman–Crippen LogP) is 3.63. The van der Waals surface area contributed by atoms with E-state index in [1.54, 1.807) is 30.3 Å². The van der Waals surface area contributed by atoms with E-state index in [0.29, 0.717) is 16.5 Å². The second-order valence-electron chi connectivity index (χ2n) is 4.28. The van der Waals surface area contributed by atoms with Crippen LogP contribution in [0.5, 0.6) is 5.75 Å². The topological polar surface area (TPSA) is 41.5 Å². The fraction of sp³-hybridized carbons (Fsp3) is 0.200. The van der Waals surface area contributed by atoms with Gasteiger partial charge in [0.1, 0.15) is 11.6 Å². The normalized spacial score (nSPS) is 12.0. The molecule has 0 aliphatic rings. The van der Waals surface area contributed by atoms with E-state index in [-0.39, 0.29) is 18.5 Å². The molecule has 0 radical (unpaired) electrons. The molecule has 0 heterocycles. The fourth-order valence-electron chi connectivity index (χ4n) is 1.91. The summed E-state index contributed by atoms with van der Waals surface area (Å²) in [6.45, 7) is -0.140. The highest BCUT2D eigenvalue weighted by Gasteiger charge is 2.12. The zero-order valence-electron chi connectivity index (χ0n) is 10.9. The number of nitrogens with one attached hydrogen (secondary N) is 1. The number of aliphatic hydroxyl groups excluding tert-OH is 1. The van der Waals surface area contributed by atoms with E-state index in [9.17, 15) is 9.50 Å². The molecule has 2 N–H and O–H groups in total. The van der Waals surface area contributed by atoms with E-state index < -0.39 is 0 Å². The third kappa shape index (κ3) is 3.40. The molecular formula is C15H15ClFNO2. The molecule has 0 bridgehead atoms. The molecule has 0 aliphatic carbocycles. The molecule has 0 spiro atoms. The molecule has 1 atom stereocenters. The Hall–Kier alpha value is -1.78. The lowest BCUT2D eigenvalue weighted by Gasteiger charge is -2.19. The van der Waals surface area contributed by atoms with Gasteiger partial charge in [0.25, 0.3) is 0 Å². The van der Waals surface area contributed by atoms with Gasteiger partial charge in [-0.05, 0) is 35.9 Å². The maximum absolute atomic E-state index is 13.1. The van der Waals surface area contributed by atoms with Crippen LogP contribution in [-0.2, 0) is 0 Å². The molecule has 0 aliphatic heterocycles. The van der Waals surface area contributed by atoms with Crippen molar-refractivity contribution in [2.45, 2.75) is 6.04 Å². The molecule has 3 nitrogen and oxygen atoms in total. The zero-order valence-corrected chi connectivity index (χ0v) is 11.7. The Labute approximate surface area is 122 Å². The van der Waals surface area contributed by atoms with E-state index in [1.165, 1.54) is 19.2 Å². The van der Waals surface area contributed by atoms with E-state index >= 15 is 0 Å². The Morgan fingerprint density at radius 3 is 2.70 bits per heavy atom. The van der Waals surface area contributed by atoms with Crippen LogP contribution in [0.2, 0.25) is 5.02 Å². The third-order valence-corrected chi connectivity index (χ3v) is 3.22. The van der Waals surface area contributed by atoms with Crippen LogP contribution in [0.4, 0.5) is 10.1 Å². The maximum atomic E-state index is 13.1. The molecule has 1 unspecified atom stereocenters. The monoisotopic (exact) mass is 295 g/mol. The van der Waals surface area contributed by atoms with Crippen LogP contribution in [0.1, 0.15) is 11.6 Å². The minimum absolute atomic E-state index is 0.140. The van der Waals surface area contributed by atoms with E-state index in [0.717, 1.165) is 5.56 Å². The molecular weight excluding hydrogens is 281 g/mol. The molecule has 2 aromatic rings. The second kappa shape index (κ2) is 6.59. The highest BCUT2D eigenvalue weighted by atomic mass is 35.5. The van der Waals surface area contributed by atoms with Crippen molar-refractivity contribution in [1.82, 2.24) is 0 Å². The first-order valence-electron chi connectivity index (χ1n) is 6.10. The zero-order chi connectivity index (χ0) is 14.5. The Kier molecular flexibility index (Phi) is 4.82. The molecule has 0 fully saturated rings. The quantitative estimate of drug-likeness (QED) is 0.885. The van der Waals surface area contributed by atoms with Crippen LogP contribution in [0.25, 0.3) is 0 Å². The van der Waals surface area contributed by atoms with Gasteiger partial charge in [-0.2, -0.15) is 0 Å². The number of rotatable bonds is 5. The molecule has 0 aromatic heterocycles. The van der Waals surface area contributed by atoms with Crippen molar-refractivity contribution < 1.29 is 14.2 Å². The number of benzene rings is 2. The summed E-state index contributed by atoms with van der Waals surface area (Å²) in [6, 6.07) is 10.9. The SMILES string of the molecule is COc1ccc(C(CO)Nc2cccc(F)c2)cc1Cl. The number of anilines is 1. The number of hydrogen-bond donors (Lipinski definition) is 2. The summed E-state index contributed by atoms with van der Waals surface area (Å²) in [5.41, 5.74) is 1.39. The van der Waals surface area contributed by atoms with Gasteiger partial charge in [-0.3, -0.25) is 0 Å². The van der Waals surface area contributed by atoms with Crippen LogP contribution < -0.4 is 10.1 Å². The van der Waals surface area contributed by atoms with Crippen molar-refractivity contribution in [1.29, 1.82) is 0 Å². The van der Waals surface area contributed by atoms with Crippen LogP contribution in [0.3, 0.4) is 0 Å². The minimum atomic E-state index is -0.375. The van der Waals surface area contributed by atoms with Gasteiger partial charge >= 0.3 is 0 Å². The van der Waals surface area contributed by atoms with Crippen molar-refractivity contribution in [2.24, 2.45) is 0 Å². The lowest BCUT2D eigenvalue weighted by atomic mass is 10.1. The lowest BCUT2D eigenvalue weighted by Crippen LogP contribution is -2.15. The summed E-state index contributed by atoms with van der Waals surface area (Å²) in [4.78, 5) is 0. The number of methoxy groups -OCH3 is 1. The van der Waals surface area contributed by atoms with Crippen LogP contribution in [0, 0.1) is 5.82 Å². The maximum Gasteiger partial charge on any atom is 0.137 e. The smallest absolute Gasteiger partial charge is 0.137 e. The number of ether oxygens (including phenoxy) is 1. The van der Waals surface area contributed by atoms with Crippen LogP contribution >= 0.6 is 11.6 Å². The van der Waals surface area contributed by atoms with Crippen molar-refractivity contribution in [3.05, 3.63) is 58.9 Å². The Morgan fingerprint density at radius 1 is 1.30 bits per heavy atom. The van der Waals surface area contributed by atoms with Gasteiger partial charge in [0.2, 0.25) is 0 Å². The number of halogens is 2. The Balaban J connectivity index is 2.22.